The van der Waals surface area contributed by atoms with Crippen molar-refractivity contribution in [2.24, 2.45) is 11.8 Å². The Kier molecular flexibility index (Phi) is 6.03. The van der Waals surface area contributed by atoms with E-state index in [2.05, 4.69) is 17.3 Å². The summed E-state index contributed by atoms with van der Waals surface area (Å²) in [5, 5.41) is 12.2. The number of rotatable bonds is 6. The normalized spacial score (nSPS) is 27.0. The maximum atomic E-state index is 12.2. The van der Waals surface area contributed by atoms with Crippen LogP contribution in [0.3, 0.4) is 0 Å². The van der Waals surface area contributed by atoms with Gasteiger partial charge in [0.05, 0.1) is 11.8 Å². The van der Waals surface area contributed by atoms with Crippen LogP contribution in [0.4, 0.5) is 0 Å². The van der Waals surface area contributed by atoms with E-state index in [9.17, 15) is 14.7 Å². The van der Waals surface area contributed by atoms with Crippen LogP contribution in [0, 0.1) is 11.8 Å². The molecule has 2 unspecified atom stereocenters. The largest absolute Gasteiger partial charge is 0.481 e. The Labute approximate surface area is 127 Å². The summed E-state index contributed by atoms with van der Waals surface area (Å²) in [5.74, 6) is -1.72. The maximum absolute atomic E-state index is 12.2. The highest BCUT2D eigenvalue weighted by Gasteiger charge is 2.35. The van der Waals surface area contributed by atoms with E-state index in [0.29, 0.717) is 25.4 Å². The lowest BCUT2D eigenvalue weighted by molar-refractivity contribution is -0.148. The predicted molar refractivity (Wildman–Crippen MR) is 81.0 cm³/mol. The fourth-order valence-corrected chi connectivity index (χ4v) is 3.75. The third kappa shape index (κ3) is 4.43. The van der Waals surface area contributed by atoms with Crippen molar-refractivity contribution in [3.63, 3.8) is 0 Å². The van der Waals surface area contributed by atoms with E-state index >= 15 is 0 Å². The maximum Gasteiger partial charge on any atom is 0.307 e. The zero-order valence-corrected chi connectivity index (χ0v) is 13.0. The molecule has 0 aromatic carbocycles. The summed E-state index contributed by atoms with van der Waals surface area (Å²) in [4.78, 5) is 25.8. The Morgan fingerprint density at radius 2 is 1.62 bits per heavy atom. The van der Waals surface area contributed by atoms with Crippen LogP contribution in [0.5, 0.6) is 0 Å². The fourth-order valence-electron chi connectivity index (χ4n) is 3.75. The Bertz CT molecular complexity index is 367. The number of carbonyl (C=O) groups is 2. The summed E-state index contributed by atoms with van der Waals surface area (Å²) in [5.41, 5.74) is 0. The van der Waals surface area contributed by atoms with Crippen molar-refractivity contribution in [3.05, 3.63) is 0 Å². The van der Waals surface area contributed by atoms with E-state index in [1.807, 2.05) is 0 Å². The number of likely N-dealkylation sites (N-methyl/N-ethyl adjacent to an activating group) is 1. The van der Waals surface area contributed by atoms with Gasteiger partial charge in [0.15, 0.2) is 0 Å². The molecule has 5 nitrogen and oxygen atoms in total. The number of carbonyl (C=O) groups excluding carboxylic acids is 1. The van der Waals surface area contributed by atoms with Crippen molar-refractivity contribution < 1.29 is 14.7 Å². The summed E-state index contributed by atoms with van der Waals surface area (Å²) in [6, 6.07) is 0.656. The molecule has 2 saturated carbocycles. The van der Waals surface area contributed by atoms with E-state index in [1.165, 1.54) is 25.7 Å². The minimum absolute atomic E-state index is 0.0677. The molecule has 0 radical (unpaired) electrons. The van der Waals surface area contributed by atoms with Gasteiger partial charge in [-0.15, -0.1) is 0 Å². The smallest absolute Gasteiger partial charge is 0.307 e. The summed E-state index contributed by atoms with van der Waals surface area (Å²) in [6.07, 6.45) is 8.36. The molecule has 2 aliphatic rings. The Morgan fingerprint density at radius 3 is 2.24 bits per heavy atom. The van der Waals surface area contributed by atoms with Crippen molar-refractivity contribution in [2.75, 3.05) is 20.1 Å². The van der Waals surface area contributed by atoms with Gasteiger partial charge in [-0.05, 0) is 32.7 Å². The highest BCUT2D eigenvalue weighted by atomic mass is 16.4. The Morgan fingerprint density at radius 1 is 1.05 bits per heavy atom. The lowest BCUT2D eigenvalue weighted by Gasteiger charge is -2.28. The molecule has 2 aliphatic carbocycles. The summed E-state index contributed by atoms with van der Waals surface area (Å²) < 4.78 is 0. The lowest BCUT2D eigenvalue weighted by atomic mass is 9.79. The second-order valence-electron chi connectivity index (χ2n) is 6.55. The topological polar surface area (TPSA) is 69.6 Å². The minimum atomic E-state index is -0.821. The number of nitrogens with one attached hydrogen (secondary N) is 1. The van der Waals surface area contributed by atoms with Crippen LogP contribution in [0.1, 0.15) is 51.4 Å². The van der Waals surface area contributed by atoms with Crippen molar-refractivity contribution >= 4 is 11.9 Å². The molecule has 0 heterocycles. The first-order valence-corrected chi connectivity index (χ1v) is 8.30. The van der Waals surface area contributed by atoms with Crippen molar-refractivity contribution in [1.82, 2.24) is 10.2 Å². The summed E-state index contributed by atoms with van der Waals surface area (Å²) in [7, 11) is 2.11. The van der Waals surface area contributed by atoms with Gasteiger partial charge < -0.3 is 15.3 Å². The van der Waals surface area contributed by atoms with Gasteiger partial charge in [0.2, 0.25) is 5.91 Å². The molecule has 0 aromatic rings. The number of nitrogens with zero attached hydrogens (tertiary/aromatic N) is 1. The van der Waals surface area contributed by atoms with Crippen LogP contribution in [0.2, 0.25) is 0 Å². The van der Waals surface area contributed by atoms with E-state index in [0.717, 1.165) is 19.4 Å². The molecule has 5 heteroatoms. The highest BCUT2D eigenvalue weighted by molar-refractivity contribution is 5.84. The molecule has 21 heavy (non-hydrogen) atoms. The van der Waals surface area contributed by atoms with Gasteiger partial charge in [-0.3, -0.25) is 9.59 Å². The number of carboxylic acids is 1. The van der Waals surface area contributed by atoms with Gasteiger partial charge >= 0.3 is 5.97 Å². The number of aliphatic carboxylic acids is 1. The molecule has 2 N–H and O–H groups in total. The number of amides is 1. The second-order valence-corrected chi connectivity index (χ2v) is 6.55. The fraction of sp³-hybridized carbons (Fsp3) is 0.875. The number of hydrogen-bond acceptors (Lipinski definition) is 3. The van der Waals surface area contributed by atoms with Crippen LogP contribution in [-0.4, -0.2) is 48.1 Å². The molecule has 120 valence electrons. The molecule has 0 saturated heterocycles. The number of carboxylic acid groups (broad SMARTS) is 1. The van der Waals surface area contributed by atoms with Gasteiger partial charge in [-0.1, -0.05) is 25.7 Å². The molecule has 0 aliphatic heterocycles. The van der Waals surface area contributed by atoms with E-state index in [1.54, 1.807) is 0 Å². The third-order valence-corrected chi connectivity index (χ3v) is 5.13. The first kappa shape index (κ1) is 16.3. The van der Waals surface area contributed by atoms with Crippen LogP contribution in [-0.2, 0) is 9.59 Å². The van der Waals surface area contributed by atoms with Gasteiger partial charge in [-0.25, -0.2) is 0 Å². The van der Waals surface area contributed by atoms with Crippen LogP contribution >= 0.6 is 0 Å². The quantitative estimate of drug-likeness (QED) is 0.785. The molecule has 0 aromatic heterocycles. The van der Waals surface area contributed by atoms with Gasteiger partial charge in [0.25, 0.3) is 0 Å². The third-order valence-electron chi connectivity index (χ3n) is 5.13. The average molecular weight is 296 g/mol. The van der Waals surface area contributed by atoms with E-state index < -0.39 is 11.9 Å². The van der Waals surface area contributed by atoms with Gasteiger partial charge in [0.1, 0.15) is 0 Å². The molecular formula is C16H28N2O3. The Hall–Kier alpha value is -1.10. The van der Waals surface area contributed by atoms with Crippen molar-refractivity contribution in [3.8, 4) is 0 Å². The predicted octanol–water partition coefficient (Wildman–Crippen LogP) is 1.87. The monoisotopic (exact) mass is 296 g/mol. The molecule has 2 fully saturated rings. The second kappa shape index (κ2) is 7.78. The molecule has 1 amide bonds. The first-order chi connectivity index (χ1) is 10.1. The summed E-state index contributed by atoms with van der Waals surface area (Å²) in [6.45, 7) is 1.47. The Balaban J connectivity index is 1.74. The summed E-state index contributed by atoms with van der Waals surface area (Å²) >= 11 is 0. The molecular weight excluding hydrogens is 268 g/mol. The SMILES string of the molecule is CN(CCNC(=O)C1CCCCC1C(=O)O)C1CCCC1. The minimum Gasteiger partial charge on any atom is -0.481 e. The van der Waals surface area contributed by atoms with Gasteiger partial charge in [-0.2, -0.15) is 0 Å². The van der Waals surface area contributed by atoms with Crippen LogP contribution < -0.4 is 5.32 Å². The van der Waals surface area contributed by atoms with Crippen LogP contribution in [0.25, 0.3) is 0 Å². The van der Waals surface area contributed by atoms with E-state index in [4.69, 9.17) is 0 Å². The molecule has 2 atom stereocenters. The van der Waals surface area contributed by atoms with Crippen molar-refractivity contribution in [2.45, 2.75) is 57.4 Å². The van der Waals surface area contributed by atoms with Crippen LogP contribution in [0.15, 0.2) is 0 Å². The zero-order chi connectivity index (χ0) is 15.2. The highest BCUT2D eigenvalue weighted by Crippen LogP contribution is 2.30. The molecule has 2 rings (SSSR count). The zero-order valence-electron chi connectivity index (χ0n) is 13.0. The molecule has 0 bridgehead atoms. The lowest BCUT2D eigenvalue weighted by Crippen LogP contribution is -2.43. The standard InChI is InChI=1S/C16H28N2O3/c1-18(12-6-2-3-7-12)11-10-17-15(19)13-8-4-5-9-14(13)16(20)21/h12-14H,2-11H2,1H3,(H,17,19)(H,20,21). The van der Waals surface area contributed by atoms with Crippen molar-refractivity contribution in [1.29, 1.82) is 0 Å². The molecule has 0 spiro atoms. The number of hydrogen-bond donors (Lipinski definition) is 2. The van der Waals surface area contributed by atoms with E-state index in [-0.39, 0.29) is 11.8 Å². The van der Waals surface area contributed by atoms with Gasteiger partial charge in [0, 0.05) is 19.1 Å². The first-order valence-electron chi connectivity index (χ1n) is 8.30. The average Bonchev–Trinajstić information content (AvgIpc) is 3.01.